The molecule has 1 N–H and O–H groups in total. The van der Waals surface area contributed by atoms with Gasteiger partial charge in [0.2, 0.25) is 5.91 Å². The monoisotopic (exact) mass is 247 g/mol. The fourth-order valence-electron chi connectivity index (χ4n) is 1.74. The van der Waals surface area contributed by atoms with Gasteiger partial charge in [0, 0.05) is 31.8 Å². The van der Waals surface area contributed by atoms with Gasteiger partial charge in [-0.2, -0.15) is 0 Å². The van der Waals surface area contributed by atoms with Crippen molar-refractivity contribution in [2.24, 2.45) is 0 Å². The zero-order valence-electron chi connectivity index (χ0n) is 10.6. The number of carbonyl (C=O) groups excluding carboxylic acids is 1. The SMILES string of the molecule is Cc1cnc(CN(C)C(=O)CCc2ccco2)[nH]1. The molecule has 0 aliphatic heterocycles. The quantitative estimate of drug-likeness (QED) is 0.877. The highest BCUT2D eigenvalue weighted by molar-refractivity contribution is 5.75. The Bertz CT molecular complexity index is 502. The molecule has 0 saturated heterocycles. The van der Waals surface area contributed by atoms with Crippen molar-refractivity contribution in [3.63, 3.8) is 0 Å². The molecule has 96 valence electrons. The summed E-state index contributed by atoms with van der Waals surface area (Å²) in [7, 11) is 1.78. The molecule has 0 unspecified atom stereocenters. The third-order valence-corrected chi connectivity index (χ3v) is 2.73. The van der Waals surface area contributed by atoms with Crippen LogP contribution in [0.15, 0.2) is 29.0 Å². The van der Waals surface area contributed by atoms with Gasteiger partial charge in [0.05, 0.1) is 12.8 Å². The Kier molecular flexibility index (Phi) is 3.82. The van der Waals surface area contributed by atoms with Crippen LogP contribution in [0.4, 0.5) is 0 Å². The first kappa shape index (κ1) is 12.4. The third kappa shape index (κ3) is 3.23. The Morgan fingerprint density at radius 3 is 3.00 bits per heavy atom. The average molecular weight is 247 g/mol. The molecule has 0 spiro atoms. The van der Waals surface area contributed by atoms with Crippen LogP contribution in [-0.4, -0.2) is 27.8 Å². The largest absolute Gasteiger partial charge is 0.469 e. The van der Waals surface area contributed by atoms with Gasteiger partial charge in [-0.1, -0.05) is 0 Å². The predicted molar refractivity (Wildman–Crippen MR) is 66.8 cm³/mol. The highest BCUT2D eigenvalue weighted by Gasteiger charge is 2.11. The minimum atomic E-state index is 0.0838. The number of hydrogen-bond acceptors (Lipinski definition) is 3. The van der Waals surface area contributed by atoms with E-state index in [1.165, 1.54) is 0 Å². The number of nitrogens with one attached hydrogen (secondary N) is 1. The topological polar surface area (TPSA) is 62.1 Å². The minimum Gasteiger partial charge on any atom is -0.469 e. The summed E-state index contributed by atoms with van der Waals surface area (Å²) in [6.07, 6.45) is 4.46. The second-order valence-corrected chi connectivity index (χ2v) is 4.34. The summed E-state index contributed by atoms with van der Waals surface area (Å²) < 4.78 is 5.20. The van der Waals surface area contributed by atoms with Gasteiger partial charge >= 0.3 is 0 Å². The molecule has 0 aromatic carbocycles. The van der Waals surface area contributed by atoms with Crippen molar-refractivity contribution in [3.05, 3.63) is 41.9 Å². The van der Waals surface area contributed by atoms with Crippen molar-refractivity contribution in [2.75, 3.05) is 7.05 Å². The summed E-state index contributed by atoms with van der Waals surface area (Å²) in [6, 6.07) is 3.71. The van der Waals surface area contributed by atoms with E-state index in [-0.39, 0.29) is 5.91 Å². The van der Waals surface area contributed by atoms with Crippen molar-refractivity contribution in [2.45, 2.75) is 26.3 Å². The molecule has 2 aromatic heterocycles. The summed E-state index contributed by atoms with van der Waals surface area (Å²) in [4.78, 5) is 20.8. The van der Waals surface area contributed by atoms with Crippen LogP contribution in [-0.2, 0) is 17.8 Å². The number of aromatic amines is 1. The van der Waals surface area contributed by atoms with Crippen LogP contribution in [0.1, 0.15) is 23.7 Å². The van der Waals surface area contributed by atoms with E-state index in [0.29, 0.717) is 19.4 Å². The molecule has 0 aliphatic carbocycles. The number of imidazole rings is 1. The number of H-pyrrole nitrogens is 1. The molecular formula is C13H17N3O2. The molecule has 0 aliphatic rings. The zero-order valence-corrected chi connectivity index (χ0v) is 10.6. The number of amides is 1. The second kappa shape index (κ2) is 5.53. The number of furan rings is 1. The molecule has 0 bridgehead atoms. The first-order chi connectivity index (χ1) is 8.65. The van der Waals surface area contributed by atoms with Gasteiger partial charge in [-0.25, -0.2) is 4.98 Å². The molecule has 0 radical (unpaired) electrons. The van der Waals surface area contributed by atoms with Gasteiger partial charge in [-0.15, -0.1) is 0 Å². The normalized spacial score (nSPS) is 10.6. The van der Waals surface area contributed by atoms with Gasteiger partial charge in [-0.3, -0.25) is 4.79 Å². The molecule has 2 heterocycles. The van der Waals surface area contributed by atoms with E-state index in [1.807, 2.05) is 19.1 Å². The van der Waals surface area contributed by atoms with Gasteiger partial charge in [0.25, 0.3) is 0 Å². The van der Waals surface area contributed by atoms with E-state index in [1.54, 1.807) is 24.4 Å². The zero-order chi connectivity index (χ0) is 13.0. The van der Waals surface area contributed by atoms with Crippen molar-refractivity contribution in [1.82, 2.24) is 14.9 Å². The minimum absolute atomic E-state index is 0.0838. The maximum atomic E-state index is 11.9. The molecule has 0 saturated carbocycles. The Labute approximate surface area is 106 Å². The first-order valence-electron chi connectivity index (χ1n) is 5.92. The molecular weight excluding hydrogens is 230 g/mol. The number of aryl methyl sites for hydroxylation is 2. The standard InChI is InChI=1S/C13H17N3O2/c1-10-8-14-12(15-10)9-16(2)13(17)6-5-11-4-3-7-18-11/h3-4,7-8H,5-6,9H2,1-2H3,(H,14,15). The number of aromatic nitrogens is 2. The highest BCUT2D eigenvalue weighted by Crippen LogP contribution is 2.06. The lowest BCUT2D eigenvalue weighted by atomic mass is 10.2. The van der Waals surface area contributed by atoms with E-state index in [0.717, 1.165) is 17.3 Å². The molecule has 18 heavy (non-hydrogen) atoms. The number of hydrogen-bond donors (Lipinski definition) is 1. The molecule has 0 atom stereocenters. The van der Waals surface area contributed by atoms with E-state index in [9.17, 15) is 4.79 Å². The lowest BCUT2D eigenvalue weighted by Gasteiger charge is -2.15. The van der Waals surface area contributed by atoms with Crippen molar-refractivity contribution < 1.29 is 9.21 Å². The van der Waals surface area contributed by atoms with E-state index >= 15 is 0 Å². The average Bonchev–Trinajstić information content (AvgIpc) is 2.97. The van der Waals surface area contributed by atoms with Gasteiger partial charge in [0.1, 0.15) is 11.6 Å². The Morgan fingerprint density at radius 2 is 2.39 bits per heavy atom. The van der Waals surface area contributed by atoms with Crippen molar-refractivity contribution in [1.29, 1.82) is 0 Å². The highest BCUT2D eigenvalue weighted by atomic mass is 16.3. The Hall–Kier alpha value is -2.04. The fraction of sp³-hybridized carbons (Fsp3) is 0.385. The number of carbonyl (C=O) groups is 1. The molecule has 0 fully saturated rings. The molecule has 2 rings (SSSR count). The van der Waals surface area contributed by atoms with Gasteiger partial charge < -0.3 is 14.3 Å². The van der Waals surface area contributed by atoms with Crippen LogP contribution >= 0.6 is 0 Å². The van der Waals surface area contributed by atoms with Crippen LogP contribution in [0.2, 0.25) is 0 Å². The van der Waals surface area contributed by atoms with Crippen molar-refractivity contribution in [3.8, 4) is 0 Å². The van der Waals surface area contributed by atoms with E-state index in [2.05, 4.69) is 9.97 Å². The first-order valence-corrected chi connectivity index (χ1v) is 5.92. The molecule has 5 heteroatoms. The predicted octanol–water partition coefficient (Wildman–Crippen LogP) is 1.90. The number of nitrogens with zero attached hydrogens (tertiary/aromatic N) is 2. The van der Waals surface area contributed by atoms with Crippen LogP contribution in [0.25, 0.3) is 0 Å². The van der Waals surface area contributed by atoms with Crippen LogP contribution in [0.3, 0.4) is 0 Å². The van der Waals surface area contributed by atoms with Gasteiger partial charge in [0.15, 0.2) is 0 Å². The summed E-state index contributed by atoms with van der Waals surface area (Å²) in [5, 5.41) is 0. The lowest BCUT2D eigenvalue weighted by Crippen LogP contribution is -2.26. The van der Waals surface area contributed by atoms with E-state index in [4.69, 9.17) is 4.42 Å². The second-order valence-electron chi connectivity index (χ2n) is 4.34. The van der Waals surface area contributed by atoms with E-state index < -0.39 is 0 Å². The molecule has 1 amide bonds. The summed E-state index contributed by atoms with van der Waals surface area (Å²) in [5.74, 6) is 1.73. The Morgan fingerprint density at radius 1 is 1.56 bits per heavy atom. The number of rotatable bonds is 5. The summed E-state index contributed by atoms with van der Waals surface area (Å²) >= 11 is 0. The summed E-state index contributed by atoms with van der Waals surface area (Å²) in [6.45, 7) is 2.44. The molecule has 2 aromatic rings. The van der Waals surface area contributed by atoms with Crippen LogP contribution in [0, 0.1) is 6.92 Å². The third-order valence-electron chi connectivity index (χ3n) is 2.73. The lowest BCUT2D eigenvalue weighted by molar-refractivity contribution is -0.130. The molecule has 5 nitrogen and oxygen atoms in total. The Balaban J connectivity index is 1.81. The maximum Gasteiger partial charge on any atom is 0.223 e. The van der Waals surface area contributed by atoms with Crippen molar-refractivity contribution >= 4 is 5.91 Å². The van der Waals surface area contributed by atoms with Gasteiger partial charge in [-0.05, 0) is 19.1 Å². The smallest absolute Gasteiger partial charge is 0.223 e. The maximum absolute atomic E-state index is 11.9. The van der Waals surface area contributed by atoms with Crippen LogP contribution in [0.5, 0.6) is 0 Å². The summed E-state index contributed by atoms with van der Waals surface area (Å²) in [5.41, 5.74) is 1.00. The fourth-order valence-corrected chi connectivity index (χ4v) is 1.74. The van der Waals surface area contributed by atoms with Crippen LogP contribution < -0.4 is 0 Å².